The normalized spacial score (nSPS) is 20.2. The van der Waals surface area contributed by atoms with E-state index >= 15 is 0 Å². The minimum atomic E-state index is 0.230. The standard InChI is InChI=1S/C19H34O/c1-8-16(20-14-18(3,4)5)11-12-17-15(2)10-9-13-19(17,6)7/h8H,9-14H2,1-7H3. The van der Waals surface area contributed by atoms with Crippen LogP contribution in [-0.2, 0) is 4.74 Å². The number of ether oxygens (including phenoxy) is 1. The molecule has 1 nitrogen and oxygen atoms in total. The van der Waals surface area contributed by atoms with Crippen LogP contribution in [0.5, 0.6) is 0 Å². The SMILES string of the molecule is CC=C(CCC1=C(C)CCCC1(C)C)OCC(C)(C)C. The summed E-state index contributed by atoms with van der Waals surface area (Å²) in [6.45, 7) is 16.7. The highest BCUT2D eigenvalue weighted by molar-refractivity contribution is 5.23. The van der Waals surface area contributed by atoms with Gasteiger partial charge in [-0.3, -0.25) is 0 Å². The lowest BCUT2D eigenvalue weighted by Crippen LogP contribution is -2.21. The lowest BCUT2D eigenvalue weighted by molar-refractivity contribution is 0.120. The smallest absolute Gasteiger partial charge is 0.0925 e. The Morgan fingerprint density at radius 1 is 1.30 bits per heavy atom. The zero-order valence-electron chi connectivity index (χ0n) is 14.7. The average Bonchev–Trinajstić information content (AvgIpc) is 2.30. The Bertz CT molecular complexity index is 377. The Labute approximate surface area is 126 Å². The first-order valence-electron chi connectivity index (χ1n) is 8.13. The Hall–Kier alpha value is -0.720. The van der Waals surface area contributed by atoms with Crippen molar-refractivity contribution >= 4 is 0 Å². The van der Waals surface area contributed by atoms with Crippen LogP contribution >= 0.6 is 0 Å². The van der Waals surface area contributed by atoms with Gasteiger partial charge in [0.25, 0.3) is 0 Å². The molecule has 0 spiro atoms. The fraction of sp³-hybridized carbons (Fsp3) is 0.789. The summed E-state index contributed by atoms with van der Waals surface area (Å²) in [5.41, 5.74) is 3.90. The van der Waals surface area contributed by atoms with E-state index in [4.69, 9.17) is 4.74 Å². The second kappa shape index (κ2) is 6.83. The van der Waals surface area contributed by atoms with Gasteiger partial charge < -0.3 is 4.74 Å². The zero-order chi connectivity index (χ0) is 15.4. The first-order valence-corrected chi connectivity index (χ1v) is 8.13. The molecule has 0 aromatic rings. The topological polar surface area (TPSA) is 9.23 Å². The van der Waals surface area contributed by atoms with Gasteiger partial charge in [0.1, 0.15) is 0 Å². The van der Waals surface area contributed by atoms with Crippen molar-refractivity contribution < 1.29 is 4.74 Å². The van der Waals surface area contributed by atoms with Crippen molar-refractivity contribution in [3.05, 3.63) is 23.0 Å². The summed E-state index contributed by atoms with van der Waals surface area (Å²) >= 11 is 0. The van der Waals surface area contributed by atoms with Crippen molar-refractivity contribution in [1.29, 1.82) is 0 Å². The van der Waals surface area contributed by atoms with Crippen molar-refractivity contribution in [2.24, 2.45) is 10.8 Å². The summed E-state index contributed by atoms with van der Waals surface area (Å²) in [7, 11) is 0. The van der Waals surface area contributed by atoms with Gasteiger partial charge in [-0.25, -0.2) is 0 Å². The van der Waals surface area contributed by atoms with Gasteiger partial charge in [0.15, 0.2) is 0 Å². The maximum absolute atomic E-state index is 5.99. The molecular formula is C19H34O. The molecule has 1 rings (SSSR count). The largest absolute Gasteiger partial charge is 0.498 e. The summed E-state index contributed by atoms with van der Waals surface area (Å²) in [5.74, 6) is 1.15. The minimum Gasteiger partial charge on any atom is -0.498 e. The van der Waals surface area contributed by atoms with Gasteiger partial charge in [0.2, 0.25) is 0 Å². The number of hydrogen-bond acceptors (Lipinski definition) is 1. The Balaban J connectivity index is 2.60. The molecule has 116 valence electrons. The molecule has 1 aliphatic carbocycles. The van der Waals surface area contributed by atoms with E-state index in [2.05, 4.69) is 54.5 Å². The Kier molecular flexibility index (Phi) is 5.91. The molecule has 0 radical (unpaired) electrons. The fourth-order valence-corrected chi connectivity index (χ4v) is 3.08. The van der Waals surface area contributed by atoms with E-state index < -0.39 is 0 Å². The molecule has 0 unspecified atom stereocenters. The number of rotatable bonds is 5. The summed E-state index contributed by atoms with van der Waals surface area (Å²) in [5, 5.41) is 0. The van der Waals surface area contributed by atoms with E-state index in [0.29, 0.717) is 5.41 Å². The van der Waals surface area contributed by atoms with Gasteiger partial charge in [0.05, 0.1) is 12.4 Å². The minimum absolute atomic E-state index is 0.230. The highest BCUT2D eigenvalue weighted by Crippen LogP contribution is 2.42. The Morgan fingerprint density at radius 2 is 1.95 bits per heavy atom. The summed E-state index contributed by atoms with van der Waals surface area (Å²) in [6, 6.07) is 0. The molecule has 0 bridgehead atoms. The molecule has 0 N–H and O–H groups in total. The van der Waals surface area contributed by atoms with Crippen molar-refractivity contribution in [3.8, 4) is 0 Å². The van der Waals surface area contributed by atoms with Crippen LogP contribution in [0, 0.1) is 10.8 Å². The van der Waals surface area contributed by atoms with Crippen LogP contribution in [0.2, 0.25) is 0 Å². The summed E-state index contributed by atoms with van der Waals surface area (Å²) in [4.78, 5) is 0. The monoisotopic (exact) mass is 278 g/mol. The molecule has 0 saturated heterocycles. The lowest BCUT2D eigenvalue weighted by atomic mass is 9.71. The van der Waals surface area contributed by atoms with Crippen molar-refractivity contribution in [2.75, 3.05) is 6.61 Å². The van der Waals surface area contributed by atoms with Crippen LogP contribution < -0.4 is 0 Å². The van der Waals surface area contributed by atoms with E-state index in [1.807, 2.05) is 0 Å². The molecule has 1 heteroatoms. The molecule has 0 amide bonds. The third-order valence-corrected chi connectivity index (χ3v) is 4.32. The van der Waals surface area contributed by atoms with Gasteiger partial charge >= 0.3 is 0 Å². The van der Waals surface area contributed by atoms with E-state index in [0.717, 1.165) is 25.2 Å². The van der Waals surface area contributed by atoms with Crippen LogP contribution in [0.1, 0.15) is 80.6 Å². The molecular weight excluding hydrogens is 244 g/mol. The Morgan fingerprint density at radius 3 is 2.45 bits per heavy atom. The van der Waals surface area contributed by atoms with Gasteiger partial charge in [-0.05, 0) is 56.4 Å². The third-order valence-electron chi connectivity index (χ3n) is 4.32. The number of allylic oxidation sites excluding steroid dienone is 4. The highest BCUT2D eigenvalue weighted by Gasteiger charge is 2.28. The van der Waals surface area contributed by atoms with Crippen LogP contribution in [0.25, 0.3) is 0 Å². The predicted octanol–water partition coefficient (Wildman–Crippen LogP) is 6.26. The zero-order valence-corrected chi connectivity index (χ0v) is 14.7. The van der Waals surface area contributed by atoms with Gasteiger partial charge in [-0.1, -0.05) is 45.8 Å². The van der Waals surface area contributed by atoms with Crippen LogP contribution in [0.4, 0.5) is 0 Å². The summed E-state index contributed by atoms with van der Waals surface area (Å²) < 4.78 is 5.99. The van der Waals surface area contributed by atoms with E-state index in [1.165, 1.54) is 19.3 Å². The molecule has 20 heavy (non-hydrogen) atoms. The van der Waals surface area contributed by atoms with E-state index in [9.17, 15) is 0 Å². The average molecular weight is 278 g/mol. The second-order valence-corrected chi connectivity index (χ2v) is 8.10. The van der Waals surface area contributed by atoms with Crippen molar-refractivity contribution in [2.45, 2.75) is 80.6 Å². The quantitative estimate of drug-likeness (QED) is 0.426. The maximum atomic E-state index is 5.99. The van der Waals surface area contributed by atoms with Crippen LogP contribution in [0.15, 0.2) is 23.0 Å². The molecule has 0 heterocycles. The van der Waals surface area contributed by atoms with E-state index in [1.54, 1.807) is 11.1 Å². The lowest BCUT2D eigenvalue weighted by Gasteiger charge is -2.35. The van der Waals surface area contributed by atoms with Gasteiger partial charge in [0, 0.05) is 6.42 Å². The highest BCUT2D eigenvalue weighted by atomic mass is 16.5. The van der Waals surface area contributed by atoms with Crippen LogP contribution in [-0.4, -0.2) is 6.61 Å². The van der Waals surface area contributed by atoms with Crippen molar-refractivity contribution in [1.82, 2.24) is 0 Å². The second-order valence-electron chi connectivity index (χ2n) is 8.10. The first-order chi connectivity index (χ1) is 9.15. The molecule has 0 saturated carbocycles. The third kappa shape index (κ3) is 5.34. The summed E-state index contributed by atoms with van der Waals surface area (Å²) in [6.07, 6.45) is 8.29. The molecule has 0 aromatic heterocycles. The van der Waals surface area contributed by atoms with Gasteiger partial charge in [-0.2, -0.15) is 0 Å². The fourth-order valence-electron chi connectivity index (χ4n) is 3.08. The first kappa shape index (κ1) is 17.3. The van der Waals surface area contributed by atoms with Crippen molar-refractivity contribution in [3.63, 3.8) is 0 Å². The maximum Gasteiger partial charge on any atom is 0.0925 e. The molecule has 0 fully saturated rings. The molecule has 0 aromatic carbocycles. The predicted molar refractivity (Wildman–Crippen MR) is 88.7 cm³/mol. The molecule has 1 aliphatic rings. The van der Waals surface area contributed by atoms with Crippen LogP contribution in [0.3, 0.4) is 0 Å². The molecule has 0 atom stereocenters. The number of hydrogen-bond donors (Lipinski definition) is 0. The molecule has 0 aliphatic heterocycles. The van der Waals surface area contributed by atoms with Gasteiger partial charge in [-0.15, -0.1) is 0 Å². The van der Waals surface area contributed by atoms with E-state index in [-0.39, 0.29) is 5.41 Å².